The second kappa shape index (κ2) is 9.84. The van der Waals surface area contributed by atoms with Gasteiger partial charge in [-0.05, 0) is 25.5 Å². The fourth-order valence-corrected chi connectivity index (χ4v) is 4.83. The fourth-order valence-electron chi connectivity index (χ4n) is 3.81. The van der Waals surface area contributed by atoms with E-state index in [9.17, 15) is 8.42 Å². The molecule has 1 aliphatic rings. The normalized spacial score (nSPS) is 19.9. The highest BCUT2D eigenvalue weighted by Crippen LogP contribution is 2.22. The number of nitrogens with one attached hydrogen (secondary N) is 2. The van der Waals surface area contributed by atoms with Gasteiger partial charge in [-0.15, -0.1) is 0 Å². The number of aromatic nitrogens is 2. The van der Waals surface area contributed by atoms with Crippen LogP contribution in [0, 0.1) is 0 Å². The minimum absolute atomic E-state index is 0.0734. The summed E-state index contributed by atoms with van der Waals surface area (Å²) in [5.74, 6) is 0.0734. The number of hydrogen-bond acceptors (Lipinski definition) is 6. The van der Waals surface area contributed by atoms with Crippen molar-refractivity contribution in [3.8, 4) is 0 Å². The van der Waals surface area contributed by atoms with E-state index in [-0.39, 0.29) is 10.9 Å². The third kappa shape index (κ3) is 5.45. The van der Waals surface area contributed by atoms with Crippen LogP contribution in [-0.2, 0) is 22.9 Å². The monoisotopic (exact) mass is 419 g/mol. The van der Waals surface area contributed by atoms with Gasteiger partial charge in [-0.2, -0.15) is 0 Å². The first-order chi connectivity index (χ1) is 13.9. The van der Waals surface area contributed by atoms with E-state index < -0.39 is 9.84 Å². The number of rotatable bonds is 10. The van der Waals surface area contributed by atoms with E-state index in [2.05, 4.69) is 59.0 Å². The number of imidazole rings is 1. The van der Waals surface area contributed by atoms with Gasteiger partial charge in [-0.25, -0.2) is 18.8 Å². The maximum Gasteiger partial charge on any atom is 0.227 e. The highest BCUT2D eigenvalue weighted by molar-refractivity contribution is 7.91. The van der Waals surface area contributed by atoms with Crippen molar-refractivity contribution < 1.29 is 8.42 Å². The molecular weight excluding hydrogens is 386 g/mol. The molecule has 0 bridgehead atoms. The maximum absolute atomic E-state index is 12.4. The molecule has 1 saturated heterocycles. The van der Waals surface area contributed by atoms with E-state index in [1.807, 2.05) is 10.6 Å². The minimum atomic E-state index is -3.32. The Labute approximate surface area is 174 Å². The number of hydrogen-bond donors (Lipinski definition) is 2. The largest absolute Gasteiger partial charge is 0.318 e. The highest BCUT2D eigenvalue weighted by atomic mass is 32.2. The molecule has 0 spiro atoms. The van der Waals surface area contributed by atoms with Crippen LogP contribution >= 0.6 is 0 Å². The average Bonchev–Trinajstić information content (AvgIpc) is 3.34. The van der Waals surface area contributed by atoms with Gasteiger partial charge in [0.15, 0.2) is 0 Å². The van der Waals surface area contributed by atoms with E-state index in [1.165, 1.54) is 5.56 Å². The lowest BCUT2D eigenvalue weighted by Gasteiger charge is -2.21. The van der Waals surface area contributed by atoms with Crippen LogP contribution < -0.4 is 10.9 Å². The number of benzene rings is 1. The van der Waals surface area contributed by atoms with Crippen molar-refractivity contribution in [2.45, 2.75) is 63.4 Å². The van der Waals surface area contributed by atoms with Gasteiger partial charge >= 0.3 is 0 Å². The molecule has 2 N–H and O–H groups in total. The van der Waals surface area contributed by atoms with Crippen molar-refractivity contribution in [3.63, 3.8) is 0 Å². The summed E-state index contributed by atoms with van der Waals surface area (Å²) in [6, 6.07) is 11.1. The molecule has 2 heterocycles. The molecule has 8 heteroatoms. The summed E-state index contributed by atoms with van der Waals surface area (Å²) in [5, 5.41) is 0.210. The molecule has 29 heavy (non-hydrogen) atoms. The van der Waals surface area contributed by atoms with Crippen molar-refractivity contribution in [3.05, 3.63) is 47.8 Å². The molecule has 0 aliphatic carbocycles. The Kier molecular flexibility index (Phi) is 7.45. The van der Waals surface area contributed by atoms with E-state index in [0.29, 0.717) is 25.2 Å². The Morgan fingerprint density at radius 1 is 1.21 bits per heavy atom. The van der Waals surface area contributed by atoms with Gasteiger partial charge in [-0.1, -0.05) is 50.6 Å². The molecule has 0 radical (unpaired) electrons. The Morgan fingerprint density at radius 2 is 1.97 bits per heavy atom. The first-order valence-electron chi connectivity index (χ1n) is 10.5. The zero-order valence-electron chi connectivity index (χ0n) is 17.6. The van der Waals surface area contributed by atoms with E-state index in [1.54, 1.807) is 13.1 Å². The SMILES string of the molecule is CCCCn1c(CN(C)CC2CC(c3ccccc3)NN2)cnc1S(=O)(=O)CC. The molecule has 160 valence electrons. The molecule has 1 aromatic heterocycles. The molecule has 1 aromatic carbocycles. The topological polar surface area (TPSA) is 79.3 Å². The van der Waals surface area contributed by atoms with Crippen LogP contribution in [0.4, 0.5) is 0 Å². The maximum atomic E-state index is 12.4. The third-order valence-electron chi connectivity index (χ3n) is 5.44. The summed E-state index contributed by atoms with van der Waals surface area (Å²) >= 11 is 0. The van der Waals surface area contributed by atoms with Gasteiger partial charge in [0.1, 0.15) is 0 Å². The van der Waals surface area contributed by atoms with Crippen LogP contribution in [0.1, 0.15) is 50.4 Å². The number of sulfone groups is 1. The van der Waals surface area contributed by atoms with Gasteiger partial charge in [0.25, 0.3) is 0 Å². The second-order valence-corrected chi connectivity index (χ2v) is 9.99. The zero-order valence-corrected chi connectivity index (χ0v) is 18.5. The van der Waals surface area contributed by atoms with E-state index in [0.717, 1.165) is 31.5 Å². The smallest absolute Gasteiger partial charge is 0.227 e. The van der Waals surface area contributed by atoms with Gasteiger partial charge in [0, 0.05) is 31.7 Å². The van der Waals surface area contributed by atoms with Crippen LogP contribution in [0.3, 0.4) is 0 Å². The predicted octanol–water partition coefficient (Wildman–Crippen LogP) is 2.52. The molecule has 7 nitrogen and oxygen atoms in total. The Bertz CT molecular complexity index is 882. The van der Waals surface area contributed by atoms with Crippen molar-refractivity contribution in [1.29, 1.82) is 0 Å². The fraction of sp³-hybridized carbons (Fsp3) is 0.571. The van der Waals surface area contributed by atoms with Crippen molar-refractivity contribution in [1.82, 2.24) is 25.3 Å². The zero-order chi connectivity index (χ0) is 20.9. The summed E-state index contributed by atoms with van der Waals surface area (Å²) in [6.45, 7) is 6.00. The second-order valence-electron chi connectivity index (χ2n) is 7.82. The van der Waals surface area contributed by atoms with E-state index in [4.69, 9.17) is 0 Å². The standard InChI is InChI=1S/C21H33N5O2S/c1-4-6-12-26-19(14-22-21(26)29(27,28)5-2)16-25(3)15-18-13-20(24-23-18)17-10-8-7-9-11-17/h7-11,14,18,20,23-24H,4-6,12-13,15-16H2,1-3H3. The van der Waals surface area contributed by atoms with Gasteiger partial charge in [-0.3, -0.25) is 10.3 Å². The molecule has 2 unspecified atom stereocenters. The third-order valence-corrected chi connectivity index (χ3v) is 7.09. The van der Waals surface area contributed by atoms with Crippen LogP contribution in [0.2, 0.25) is 0 Å². The summed E-state index contributed by atoms with van der Waals surface area (Å²) in [6.07, 6.45) is 4.69. The van der Waals surface area contributed by atoms with Crippen LogP contribution in [0.15, 0.2) is 41.7 Å². The first-order valence-corrected chi connectivity index (χ1v) is 12.1. The van der Waals surface area contributed by atoms with Crippen molar-refractivity contribution in [2.75, 3.05) is 19.3 Å². The molecule has 2 atom stereocenters. The molecule has 3 rings (SSSR count). The summed E-state index contributed by atoms with van der Waals surface area (Å²) in [5.41, 5.74) is 9.04. The summed E-state index contributed by atoms with van der Waals surface area (Å²) < 4.78 is 26.7. The number of nitrogens with zero attached hydrogens (tertiary/aromatic N) is 3. The van der Waals surface area contributed by atoms with Crippen LogP contribution in [-0.4, -0.2) is 48.3 Å². The van der Waals surface area contributed by atoms with Gasteiger partial charge in [0.2, 0.25) is 15.0 Å². The highest BCUT2D eigenvalue weighted by Gasteiger charge is 2.26. The molecule has 0 amide bonds. The lowest BCUT2D eigenvalue weighted by molar-refractivity contribution is 0.280. The molecule has 1 aliphatic heterocycles. The van der Waals surface area contributed by atoms with E-state index >= 15 is 0 Å². The quantitative estimate of drug-likeness (QED) is 0.616. The predicted molar refractivity (Wildman–Crippen MR) is 115 cm³/mol. The van der Waals surface area contributed by atoms with Crippen LogP contribution in [0.25, 0.3) is 0 Å². The molecule has 1 fully saturated rings. The summed E-state index contributed by atoms with van der Waals surface area (Å²) in [7, 11) is -1.25. The lowest BCUT2D eigenvalue weighted by atomic mass is 10.0. The average molecular weight is 420 g/mol. The number of unbranched alkanes of at least 4 members (excludes halogenated alkanes) is 1. The molecule has 0 saturated carbocycles. The van der Waals surface area contributed by atoms with Crippen LogP contribution in [0.5, 0.6) is 0 Å². The number of likely N-dealkylation sites (N-methyl/N-ethyl adjacent to an activating group) is 1. The Morgan fingerprint density at radius 3 is 2.66 bits per heavy atom. The van der Waals surface area contributed by atoms with Crippen molar-refractivity contribution >= 4 is 9.84 Å². The number of hydrazine groups is 1. The van der Waals surface area contributed by atoms with Gasteiger partial charge in [0.05, 0.1) is 17.6 Å². The first kappa shape index (κ1) is 22.0. The molecule has 2 aromatic rings. The minimum Gasteiger partial charge on any atom is -0.318 e. The Balaban J connectivity index is 1.64. The lowest BCUT2D eigenvalue weighted by Crippen LogP contribution is -2.38. The Hall–Kier alpha value is -1.74. The van der Waals surface area contributed by atoms with Gasteiger partial charge < -0.3 is 4.57 Å². The van der Waals surface area contributed by atoms with Crippen molar-refractivity contribution in [2.24, 2.45) is 0 Å². The molecular formula is C21H33N5O2S. The summed E-state index contributed by atoms with van der Waals surface area (Å²) in [4.78, 5) is 6.50.